The molecule has 0 saturated carbocycles. The third kappa shape index (κ3) is 4.84. The summed E-state index contributed by atoms with van der Waals surface area (Å²) in [6.45, 7) is 6.76. The number of aryl methyl sites for hydroxylation is 1. The van der Waals surface area contributed by atoms with Crippen LogP contribution in [0.2, 0.25) is 0 Å². The van der Waals surface area contributed by atoms with Gasteiger partial charge in [0.25, 0.3) is 0 Å². The van der Waals surface area contributed by atoms with E-state index in [0.717, 1.165) is 68.7 Å². The van der Waals surface area contributed by atoms with Gasteiger partial charge in [-0.25, -0.2) is 9.97 Å². The molecule has 7 rings (SSSR count). The molecule has 2 aliphatic rings. The quantitative estimate of drug-likeness (QED) is 0.303. The zero-order valence-electron chi connectivity index (χ0n) is 21.9. The first-order valence-corrected chi connectivity index (χ1v) is 14.3. The number of nitrogens with one attached hydrogen (secondary N) is 1. The Morgan fingerprint density at radius 1 is 1.00 bits per heavy atom. The average molecular weight is 536 g/mol. The molecule has 196 valence electrons. The van der Waals surface area contributed by atoms with Crippen molar-refractivity contribution >= 4 is 28.1 Å². The fraction of sp³-hybridized carbons (Fsp3) is 0.300. The van der Waals surface area contributed by atoms with Gasteiger partial charge in [0.1, 0.15) is 23.6 Å². The highest BCUT2D eigenvalue weighted by atomic mass is 32.1. The first kappa shape index (κ1) is 24.1. The van der Waals surface area contributed by atoms with Crippen LogP contribution >= 0.6 is 11.3 Å². The third-order valence-electron chi connectivity index (χ3n) is 7.36. The molecule has 0 amide bonds. The van der Waals surface area contributed by atoms with Crippen LogP contribution in [0.4, 0.5) is 0 Å². The second-order valence-electron chi connectivity index (χ2n) is 10.1. The van der Waals surface area contributed by atoms with E-state index in [2.05, 4.69) is 51.0 Å². The van der Waals surface area contributed by atoms with Crippen LogP contribution in [0.5, 0.6) is 5.75 Å². The number of aliphatic imine (C=N–C) groups is 1. The van der Waals surface area contributed by atoms with E-state index in [1.165, 1.54) is 36.4 Å². The van der Waals surface area contributed by atoms with Gasteiger partial charge in [-0.2, -0.15) is 0 Å². The summed E-state index contributed by atoms with van der Waals surface area (Å²) in [5, 5.41) is 0. The van der Waals surface area contributed by atoms with Crippen molar-refractivity contribution in [2.45, 2.75) is 26.2 Å². The number of aromatic nitrogens is 5. The maximum absolute atomic E-state index is 6.04. The number of likely N-dealkylation sites (tertiary alicyclic amines) is 1. The molecule has 1 fully saturated rings. The van der Waals surface area contributed by atoms with Crippen LogP contribution in [0.3, 0.4) is 0 Å². The van der Waals surface area contributed by atoms with Gasteiger partial charge in [0.05, 0.1) is 29.3 Å². The number of hydrogen-bond donors (Lipinski definition) is 1. The van der Waals surface area contributed by atoms with Crippen molar-refractivity contribution in [3.05, 3.63) is 77.1 Å². The van der Waals surface area contributed by atoms with Crippen LogP contribution in [0.15, 0.2) is 60.1 Å². The summed E-state index contributed by atoms with van der Waals surface area (Å²) in [5.41, 5.74) is 7.40. The minimum atomic E-state index is 0.660. The van der Waals surface area contributed by atoms with Crippen LogP contribution in [0.1, 0.15) is 34.8 Å². The Balaban J connectivity index is 1.18. The molecular formula is C30H29N7OS. The van der Waals surface area contributed by atoms with E-state index in [-0.39, 0.29) is 0 Å². The van der Waals surface area contributed by atoms with Crippen molar-refractivity contribution in [1.29, 1.82) is 0 Å². The molecule has 9 heteroatoms. The Labute approximate surface area is 230 Å². The van der Waals surface area contributed by atoms with Crippen LogP contribution in [0, 0.1) is 6.92 Å². The van der Waals surface area contributed by atoms with Crippen molar-refractivity contribution in [3.63, 3.8) is 0 Å². The summed E-state index contributed by atoms with van der Waals surface area (Å²) in [7, 11) is 0. The molecule has 0 aliphatic carbocycles. The van der Waals surface area contributed by atoms with Crippen molar-refractivity contribution in [3.8, 4) is 27.4 Å². The number of thiophene rings is 1. The molecule has 5 aromatic heterocycles. The van der Waals surface area contributed by atoms with Gasteiger partial charge in [-0.3, -0.25) is 19.9 Å². The van der Waals surface area contributed by atoms with E-state index < -0.39 is 0 Å². The lowest BCUT2D eigenvalue weighted by atomic mass is 10.0. The van der Waals surface area contributed by atoms with Crippen LogP contribution in [-0.2, 0) is 6.42 Å². The highest BCUT2D eigenvalue weighted by Crippen LogP contribution is 2.33. The largest absolute Gasteiger partial charge is 0.491 e. The SMILES string of the molecule is Cc1ccc(-c2cncc3[nH]c(C4=NCCc5ccc(-c6cncc(OCCN7CCCC7)c6)nc54)nc23)s1. The molecule has 2 aliphatic heterocycles. The molecule has 7 heterocycles. The number of hydrogen-bond acceptors (Lipinski definition) is 8. The normalized spacial score (nSPS) is 15.5. The van der Waals surface area contributed by atoms with Crippen molar-refractivity contribution in [1.82, 2.24) is 29.8 Å². The first-order chi connectivity index (χ1) is 19.2. The Morgan fingerprint density at radius 2 is 1.90 bits per heavy atom. The fourth-order valence-electron chi connectivity index (χ4n) is 5.35. The van der Waals surface area contributed by atoms with Gasteiger partial charge in [0, 0.05) is 46.4 Å². The Morgan fingerprint density at radius 3 is 2.77 bits per heavy atom. The summed E-state index contributed by atoms with van der Waals surface area (Å²) < 4.78 is 6.04. The second kappa shape index (κ2) is 10.3. The van der Waals surface area contributed by atoms with Gasteiger partial charge in [0.2, 0.25) is 0 Å². The predicted octanol–water partition coefficient (Wildman–Crippen LogP) is 5.32. The van der Waals surface area contributed by atoms with Gasteiger partial charge in [-0.05, 0) is 69.1 Å². The smallest absolute Gasteiger partial charge is 0.159 e. The molecule has 0 atom stereocenters. The summed E-state index contributed by atoms with van der Waals surface area (Å²) in [6.07, 6.45) is 10.7. The van der Waals surface area contributed by atoms with Gasteiger partial charge in [0.15, 0.2) is 5.82 Å². The van der Waals surface area contributed by atoms with E-state index in [1.807, 2.05) is 24.7 Å². The first-order valence-electron chi connectivity index (χ1n) is 13.5. The van der Waals surface area contributed by atoms with E-state index in [0.29, 0.717) is 13.2 Å². The third-order valence-corrected chi connectivity index (χ3v) is 8.40. The zero-order chi connectivity index (χ0) is 26.2. The van der Waals surface area contributed by atoms with Crippen LogP contribution in [0.25, 0.3) is 32.7 Å². The molecular weight excluding hydrogens is 506 g/mol. The van der Waals surface area contributed by atoms with Crippen LogP contribution in [-0.4, -0.2) is 68.3 Å². The van der Waals surface area contributed by atoms with E-state index in [9.17, 15) is 0 Å². The van der Waals surface area contributed by atoms with Crippen molar-refractivity contribution in [2.75, 3.05) is 32.8 Å². The fourth-order valence-corrected chi connectivity index (χ4v) is 6.23. The maximum atomic E-state index is 6.04. The van der Waals surface area contributed by atoms with Crippen molar-refractivity contribution < 1.29 is 4.74 Å². The number of rotatable bonds is 7. The summed E-state index contributed by atoms with van der Waals surface area (Å²) in [6, 6.07) is 10.5. The number of fused-ring (bicyclic) bond motifs is 2. The predicted molar refractivity (Wildman–Crippen MR) is 155 cm³/mol. The maximum Gasteiger partial charge on any atom is 0.159 e. The standard InChI is InChI=1S/C30H29N7OS/c1-19-4-7-26(39-19)23-17-32-18-25-28(23)36-30(35-25)29-27-20(8-9-33-29)5-6-24(34-27)21-14-22(16-31-15-21)38-13-12-37-10-2-3-11-37/h4-7,14-18H,2-3,8-13H2,1H3,(H,35,36). The minimum Gasteiger partial charge on any atom is -0.491 e. The molecule has 0 radical (unpaired) electrons. The summed E-state index contributed by atoms with van der Waals surface area (Å²) >= 11 is 1.75. The molecule has 0 spiro atoms. The van der Waals surface area contributed by atoms with Gasteiger partial charge in [-0.1, -0.05) is 6.07 Å². The Hall–Kier alpha value is -3.95. The highest BCUT2D eigenvalue weighted by molar-refractivity contribution is 7.15. The summed E-state index contributed by atoms with van der Waals surface area (Å²) in [4.78, 5) is 32.2. The molecule has 1 saturated heterocycles. The monoisotopic (exact) mass is 535 g/mol. The average Bonchev–Trinajstić information content (AvgIpc) is 3.74. The number of nitrogens with zero attached hydrogens (tertiary/aromatic N) is 6. The second-order valence-corrected chi connectivity index (χ2v) is 11.4. The van der Waals surface area contributed by atoms with Gasteiger partial charge >= 0.3 is 0 Å². The van der Waals surface area contributed by atoms with Gasteiger partial charge < -0.3 is 9.72 Å². The molecule has 5 aromatic rings. The highest BCUT2D eigenvalue weighted by Gasteiger charge is 2.23. The van der Waals surface area contributed by atoms with E-state index in [4.69, 9.17) is 19.7 Å². The number of H-pyrrole nitrogens is 1. The minimum absolute atomic E-state index is 0.660. The number of ether oxygens (including phenoxy) is 1. The number of imidazole rings is 1. The molecule has 0 aromatic carbocycles. The lowest BCUT2D eigenvalue weighted by molar-refractivity contribution is 0.237. The Bertz CT molecular complexity index is 1680. The zero-order valence-corrected chi connectivity index (χ0v) is 22.7. The van der Waals surface area contributed by atoms with Crippen LogP contribution < -0.4 is 4.74 Å². The van der Waals surface area contributed by atoms with Gasteiger partial charge in [-0.15, -0.1) is 11.3 Å². The molecule has 39 heavy (non-hydrogen) atoms. The summed E-state index contributed by atoms with van der Waals surface area (Å²) in [5.74, 6) is 1.48. The molecule has 1 N–H and O–H groups in total. The molecule has 0 unspecified atom stereocenters. The number of aromatic amines is 1. The van der Waals surface area contributed by atoms with E-state index in [1.54, 1.807) is 17.5 Å². The lowest BCUT2D eigenvalue weighted by Crippen LogP contribution is -2.25. The molecule has 0 bridgehead atoms. The van der Waals surface area contributed by atoms with Crippen molar-refractivity contribution in [2.24, 2.45) is 4.99 Å². The molecule has 8 nitrogen and oxygen atoms in total. The lowest BCUT2D eigenvalue weighted by Gasteiger charge is -2.16. The Kier molecular flexibility index (Phi) is 6.38. The number of pyridine rings is 3. The topological polar surface area (TPSA) is 92.2 Å². The van der Waals surface area contributed by atoms with E-state index >= 15 is 0 Å².